The number of nitrogens with two attached hydrogens (primary N) is 2. The van der Waals surface area contributed by atoms with E-state index in [2.05, 4.69) is 33.5 Å². The molecule has 6 amide bonds. The number of unbranched alkanes of at least 4 members (excludes halogenated alkanes) is 3. The summed E-state index contributed by atoms with van der Waals surface area (Å²) in [6.45, 7) is 7.73. The summed E-state index contributed by atoms with van der Waals surface area (Å²) in [4.78, 5) is 85.1. The molecule has 9 N–H and O–H groups in total. The van der Waals surface area contributed by atoms with Crippen LogP contribution in [0, 0.1) is 17.8 Å². The van der Waals surface area contributed by atoms with Gasteiger partial charge in [0.1, 0.15) is 24.2 Å². The summed E-state index contributed by atoms with van der Waals surface area (Å²) < 4.78 is 6.40. The Bertz CT molecular complexity index is 1410. The van der Waals surface area contributed by atoms with Gasteiger partial charge in [-0.2, -0.15) is 0 Å². The van der Waals surface area contributed by atoms with Gasteiger partial charge in [0.2, 0.25) is 29.5 Å². The van der Waals surface area contributed by atoms with E-state index in [1.807, 2.05) is 26.0 Å². The zero-order valence-corrected chi connectivity index (χ0v) is 35.8. The van der Waals surface area contributed by atoms with E-state index >= 15 is 0 Å². The highest BCUT2D eigenvalue weighted by Gasteiger charge is 2.38. The van der Waals surface area contributed by atoms with Crippen molar-refractivity contribution in [3.05, 3.63) is 23.8 Å². The van der Waals surface area contributed by atoms with Crippen LogP contribution in [0.2, 0.25) is 0 Å². The molecule has 1 saturated heterocycles. The van der Waals surface area contributed by atoms with Crippen molar-refractivity contribution in [3.63, 3.8) is 0 Å². The molecule has 0 radical (unpaired) electrons. The molecule has 8 atom stereocenters. The van der Waals surface area contributed by atoms with E-state index in [1.165, 1.54) is 4.90 Å². The maximum absolute atomic E-state index is 14.2. The van der Waals surface area contributed by atoms with Crippen LogP contribution < -0.4 is 38.1 Å². The van der Waals surface area contributed by atoms with Gasteiger partial charge in [0.15, 0.2) is 0 Å². The summed E-state index contributed by atoms with van der Waals surface area (Å²) in [5, 5.41) is 14.2. The number of ether oxygens (including phenoxy) is 1. The number of likely N-dealkylation sites (N-methyl/N-ethyl adjacent to an activating group) is 1. The summed E-state index contributed by atoms with van der Waals surface area (Å²) in [7, 11) is 1.63. The highest BCUT2D eigenvalue weighted by atomic mass is 16.5. The number of rotatable bonds is 14. The van der Waals surface area contributed by atoms with Crippen LogP contribution in [0.3, 0.4) is 0 Å². The minimum atomic E-state index is -1.25. The second kappa shape index (κ2) is 25.6. The van der Waals surface area contributed by atoms with Gasteiger partial charge < -0.3 is 47.7 Å². The van der Waals surface area contributed by atoms with Crippen LogP contribution in [0.5, 0.6) is 0 Å². The number of carbonyl (C=O) groups is 6. The lowest BCUT2D eigenvalue weighted by atomic mass is 9.90. The fraction of sp³-hybridized carbons (Fsp3) is 0.767. The summed E-state index contributed by atoms with van der Waals surface area (Å²) in [5.74, 6) is -3.49. The molecular weight excluding hydrogens is 741 g/mol. The van der Waals surface area contributed by atoms with Gasteiger partial charge in [-0.25, -0.2) is 0 Å². The first-order chi connectivity index (χ1) is 27.8. The van der Waals surface area contributed by atoms with E-state index in [4.69, 9.17) is 16.2 Å². The number of carbonyl (C=O) groups excluding carboxylic acids is 6. The molecule has 15 nitrogen and oxygen atoms in total. The minimum absolute atomic E-state index is 0.0730. The molecule has 2 fully saturated rings. The quantitative estimate of drug-likeness (QED) is 0.101. The predicted octanol–water partition coefficient (Wildman–Crippen LogP) is 2.47. The smallest absolute Gasteiger partial charge is 0.251 e. The number of amides is 6. The Morgan fingerprint density at radius 2 is 1.52 bits per heavy atom. The Kier molecular flexibility index (Phi) is 21.4. The molecule has 15 heteroatoms. The third-order valence-corrected chi connectivity index (χ3v) is 11.8. The Morgan fingerprint density at radius 3 is 2.14 bits per heavy atom. The van der Waals surface area contributed by atoms with E-state index < -0.39 is 71.8 Å². The molecule has 1 saturated carbocycles. The fourth-order valence-electron chi connectivity index (χ4n) is 8.13. The van der Waals surface area contributed by atoms with Crippen molar-refractivity contribution in [2.75, 3.05) is 33.3 Å². The molecule has 0 bridgehead atoms. The third-order valence-electron chi connectivity index (χ3n) is 11.8. The van der Waals surface area contributed by atoms with Crippen LogP contribution in [0.1, 0.15) is 124 Å². The molecule has 1 heterocycles. The Balaban J connectivity index is 1.98. The molecule has 0 spiro atoms. The standard InChI is InChI=1S/C43H74N8O7/c1-6-8-9-14-18-36-29(4)43(57)51(5)35(15-7-2)41(55)50-37(31-16-12-10-11-13-17-31)42(56)48-33(25-45)39(53)49-34(40(54)47-28(3)27-58-36)26-46-38(52)32-21-19-30(20-22-32)23-24-44/h19,21-22,28-31,33-37H,6-18,20,23-27,44-45H2,1-5H3,(H,46,52)(H,47,54)(H,48,56)(H,49,53)(H,50,55)/t28-,29?,30?,33?,34?,35?,36-,37?/m1/s1. The molecule has 0 aromatic heterocycles. The van der Waals surface area contributed by atoms with Crippen molar-refractivity contribution < 1.29 is 33.5 Å². The first-order valence-corrected chi connectivity index (χ1v) is 22.0. The molecule has 0 aromatic rings. The molecule has 3 aliphatic rings. The number of nitrogens with one attached hydrogen (secondary N) is 5. The number of allylic oxidation sites excluding steroid dienone is 2. The summed E-state index contributed by atoms with van der Waals surface area (Å²) in [5.41, 5.74) is 12.2. The molecule has 58 heavy (non-hydrogen) atoms. The van der Waals surface area contributed by atoms with Crippen molar-refractivity contribution in [1.29, 1.82) is 0 Å². The van der Waals surface area contributed by atoms with Gasteiger partial charge in [-0.3, -0.25) is 28.8 Å². The fourth-order valence-corrected chi connectivity index (χ4v) is 8.13. The number of hydrogen-bond donors (Lipinski definition) is 7. The average molecular weight is 815 g/mol. The van der Waals surface area contributed by atoms with Crippen molar-refractivity contribution >= 4 is 35.4 Å². The second-order valence-corrected chi connectivity index (χ2v) is 16.6. The summed E-state index contributed by atoms with van der Waals surface area (Å²) in [6.07, 6.45) is 17.2. The monoisotopic (exact) mass is 815 g/mol. The maximum Gasteiger partial charge on any atom is 0.251 e. The number of nitrogens with zero attached hydrogens (tertiary/aromatic N) is 1. The summed E-state index contributed by atoms with van der Waals surface area (Å²) >= 11 is 0. The van der Waals surface area contributed by atoms with Crippen LogP contribution in [0.25, 0.3) is 0 Å². The zero-order chi connectivity index (χ0) is 42.6. The lowest BCUT2D eigenvalue weighted by molar-refractivity contribution is -0.147. The first kappa shape index (κ1) is 48.5. The lowest BCUT2D eigenvalue weighted by Gasteiger charge is -2.34. The van der Waals surface area contributed by atoms with E-state index in [0.717, 1.165) is 57.8 Å². The van der Waals surface area contributed by atoms with E-state index in [1.54, 1.807) is 20.0 Å². The van der Waals surface area contributed by atoms with Gasteiger partial charge in [-0.15, -0.1) is 0 Å². The number of hydrogen-bond acceptors (Lipinski definition) is 9. The van der Waals surface area contributed by atoms with E-state index in [0.29, 0.717) is 50.6 Å². The maximum atomic E-state index is 14.2. The largest absolute Gasteiger partial charge is 0.375 e. The normalized spacial score (nSPS) is 29.1. The molecule has 328 valence electrons. The Hall–Kier alpha value is -3.82. The SMILES string of the molecule is CCCCCC[C@H]1OC[C@@H](C)NC(=O)C(CNC(=O)C2=CCC(CCN)C=C2)NC(=O)C(CN)NC(=O)C(C2CCCCCC2)NC(=O)C(CCC)N(C)C(=O)C1C. The van der Waals surface area contributed by atoms with Crippen molar-refractivity contribution in [3.8, 4) is 0 Å². The molecular formula is C43H74N8O7. The van der Waals surface area contributed by atoms with Crippen LogP contribution in [0.4, 0.5) is 0 Å². The highest BCUT2D eigenvalue weighted by Crippen LogP contribution is 2.27. The lowest BCUT2D eigenvalue weighted by Crippen LogP contribution is -2.62. The van der Waals surface area contributed by atoms with Gasteiger partial charge in [0.05, 0.1) is 18.6 Å². The predicted molar refractivity (Wildman–Crippen MR) is 225 cm³/mol. The molecule has 3 rings (SSSR count). The van der Waals surface area contributed by atoms with Gasteiger partial charge in [-0.05, 0) is 63.8 Å². The minimum Gasteiger partial charge on any atom is -0.375 e. The first-order valence-electron chi connectivity index (χ1n) is 22.0. The molecule has 2 aliphatic carbocycles. The zero-order valence-electron chi connectivity index (χ0n) is 35.8. The average Bonchev–Trinajstić information content (AvgIpc) is 3.50. The van der Waals surface area contributed by atoms with Crippen molar-refractivity contribution in [1.82, 2.24) is 31.5 Å². The van der Waals surface area contributed by atoms with Gasteiger partial charge >= 0.3 is 0 Å². The van der Waals surface area contributed by atoms with Crippen molar-refractivity contribution in [2.24, 2.45) is 29.2 Å². The van der Waals surface area contributed by atoms with Crippen LogP contribution in [0.15, 0.2) is 23.8 Å². The Morgan fingerprint density at radius 1 is 0.828 bits per heavy atom. The van der Waals surface area contributed by atoms with Crippen LogP contribution in [-0.2, 0) is 33.5 Å². The van der Waals surface area contributed by atoms with E-state index in [9.17, 15) is 28.8 Å². The third kappa shape index (κ3) is 15.1. The molecule has 6 unspecified atom stereocenters. The Labute approximate surface area is 346 Å². The molecule has 1 aliphatic heterocycles. The van der Waals surface area contributed by atoms with Crippen molar-refractivity contribution in [2.45, 2.75) is 160 Å². The van der Waals surface area contributed by atoms with Crippen LogP contribution in [-0.4, -0.2) is 110 Å². The van der Waals surface area contributed by atoms with Gasteiger partial charge in [0.25, 0.3) is 5.91 Å². The molecule has 0 aromatic carbocycles. The summed E-state index contributed by atoms with van der Waals surface area (Å²) in [6, 6.07) is -4.85. The second-order valence-electron chi connectivity index (χ2n) is 16.6. The highest BCUT2D eigenvalue weighted by molar-refractivity contribution is 5.98. The topological polar surface area (TPSA) is 227 Å². The van der Waals surface area contributed by atoms with Crippen LogP contribution >= 0.6 is 0 Å². The van der Waals surface area contributed by atoms with Gasteiger partial charge in [-0.1, -0.05) is 96.8 Å². The van der Waals surface area contributed by atoms with E-state index in [-0.39, 0.29) is 37.4 Å². The van der Waals surface area contributed by atoms with Gasteiger partial charge in [0, 0.05) is 31.8 Å².